The molecular formula is C26H28F2N4O4. The van der Waals surface area contributed by atoms with Gasteiger partial charge in [0.05, 0.1) is 36.1 Å². The van der Waals surface area contributed by atoms with Crippen molar-refractivity contribution in [1.29, 1.82) is 0 Å². The van der Waals surface area contributed by atoms with Gasteiger partial charge in [0.25, 0.3) is 5.91 Å². The Morgan fingerprint density at radius 1 is 1.08 bits per heavy atom. The van der Waals surface area contributed by atoms with E-state index in [-0.39, 0.29) is 42.4 Å². The summed E-state index contributed by atoms with van der Waals surface area (Å²) in [6, 6.07) is 10.5. The number of fused-ring (bicyclic) bond motifs is 1. The predicted molar refractivity (Wildman–Crippen MR) is 129 cm³/mol. The van der Waals surface area contributed by atoms with Crippen LogP contribution in [0.2, 0.25) is 0 Å². The van der Waals surface area contributed by atoms with Crippen molar-refractivity contribution < 1.29 is 27.9 Å². The number of hydrogen-bond donors (Lipinski definition) is 1. The lowest BCUT2D eigenvalue weighted by Gasteiger charge is -2.37. The van der Waals surface area contributed by atoms with Gasteiger partial charge in [0.2, 0.25) is 5.91 Å². The zero-order chi connectivity index (χ0) is 25.4. The second-order valence-electron chi connectivity index (χ2n) is 9.54. The molecule has 2 aromatic rings. The third kappa shape index (κ3) is 4.59. The van der Waals surface area contributed by atoms with Crippen LogP contribution in [0.4, 0.5) is 25.0 Å². The minimum Gasteiger partial charge on any atom is -0.442 e. The van der Waals surface area contributed by atoms with Crippen LogP contribution in [0.15, 0.2) is 42.5 Å². The van der Waals surface area contributed by atoms with E-state index in [2.05, 4.69) is 5.32 Å². The quantitative estimate of drug-likeness (QED) is 0.685. The summed E-state index contributed by atoms with van der Waals surface area (Å²) in [5.41, 5.74) is 0.829. The second kappa shape index (κ2) is 9.75. The summed E-state index contributed by atoms with van der Waals surface area (Å²) in [7, 11) is 0. The molecule has 3 unspecified atom stereocenters. The lowest BCUT2D eigenvalue weighted by molar-refractivity contribution is -0.119. The van der Waals surface area contributed by atoms with Gasteiger partial charge in [0, 0.05) is 26.6 Å². The summed E-state index contributed by atoms with van der Waals surface area (Å²) in [6.45, 7) is 3.36. The van der Waals surface area contributed by atoms with E-state index in [0.717, 1.165) is 12.8 Å². The number of benzene rings is 2. The number of nitrogens with one attached hydrogen (secondary N) is 1. The highest BCUT2D eigenvalue weighted by molar-refractivity contribution is 5.95. The van der Waals surface area contributed by atoms with Gasteiger partial charge in [-0.3, -0.25) is 14.5 Å². The van der Waals surface area contributed by atoms with Crippen molar-refractivity contribution in [3.63, 3.8) is 0 Å². The summed E-state index contributed by atoms with van der Waals surface area (Å²) in [4.78, 5) is 41.5. The van der Waals surface area contributed by atoms with E-state index >= 15 is 4.39 Å². The van der Waals surface area contributed by atoms with E-state index in [1.54, 1.807) is 29.2 Å². The van der Waals surface area contributed by atoms with Crippen molar-refractivity contribution in [1.82, 2.24) is 10.2 Å². The fourth-order valence-corrected chi connectivity index (χ4v) is 5.44. The fourth-order valence-electron chi connectivity index (χ4n) is 5.44. The van der Waals surface area contributed by atoms with Gasteiger partial charge in [-0.2, -0.15) is 0 Å². The van der Waals surface area contributed by atoms with Gasteiger partial charge in [0.15, 0.2) is 0 Å². The molecule has 3 atom stereocenters. The lowest BCUT2D eigenvalue weighted by Crippen LogP contribution is -2.48. The Morgan fingerprint density at radius 2 is 1.89 bits per heavy atom. The Balaban J connectivity index is 1.29. The molecule has 0 aliphatic carbocycles. The Hall–Kier alpha value is -3.69. The summed E-state index contributed by atoms with van der Waals surface area (Å²) >= 11 is 0. The van der Waals surface area contributed by atoms with E-state index in [1.165, 1.54) is 30.0 Å². The summed E-state index contributed by atoms with van der Waals surface area (Å²) < 4.78 is 34.8. The maximum absolute atomic E-state index is 15.3. The molecule has 0 bridgehead atoms. The standard InChI is InChI=1S/C26H28F2N4O4/c1-16(33)29-12-19-14-32(26(35)36-19)18-8-9-23(22(28)11-18)30-13-17-5-4-10-31(24(17)15-30)25(34)20-6-2-3-7-21(20)27/h2-3,6-9,11,17,19,24H,4-5,10,12-15H2,1H3,(H,29,33). The Kier molecular flexibility index (Phi) is 6.51. The third-order valence-electron chi connectivity index (χ3n) is 7.18. The number of hydrogen-bond acceptors (Lipinski definition) is 5. The molecule has 3 fully saturated rings. The molecule has 5 rings (SSSR count). The number of anilines is 2. The van der Waals surface area contributed by atoms with Crippen molar-refractivity contribution in [3.05, 3.63) is 59.7 Å². The molecule has 0 aromatic heterocycles. The van der Waals surface area contributed by atoms with Crippen molar-refractivity contribution in [2.45, 2.75) is 31.9 Å². The normalized spacial score (nSPS) is 23.5. The first-order chi connectivity index (χ1) is 17.3. The van der Waals surface area contributed by atoms with E-state index in [9.17, 15) is 18.8 Å². The van der Waals surface area contributed by atoms with Crippen LogP contribution >= 0.6 is 0 Å². The summed E-state index contributed by atoms with van der Waals surface area (Å²) in [6.07, 6.45) is 0.626. The molecule has 0 radical (unpaired) electrons. The van der Waals surface area contributed by atoms with Crippen molar-refractivity contribution >= 4 is 29.3 Å². The molecule has 3 aliphatic rings. The first-order valence-corrected chi connectivity index (χ1v) is 12.1. The largest absolute Gasteiger partial charge is 0.442 e. The minimum atomic E-state index is -0.591. The van der Waals surface area contributed by atoms with E-state index in [1.807, 2.05) is 4.90 Å². The highest BCUT2D eigenvalue weighted by Gasteiger charge is 2.42. The predicted octanol–water partition coefficient (Wildman–Crippen LogP) is 3.17. The van der Waals surface area contributed by atoms with Crippen molar-refractivity contribution in [2.24, 2.45) is 5.92 Å². The third-order valence-corrected chi connectivity index (χ3v) is 7.18. The van der Waals surface area contributed by atoms with Gasteiger partial charge in [-0.25, -0.2) is 13.6 Å². The van der Waals surface area contributed by atoms with Crippen LogP contribution in [-0.4, -0.2) is 67.7 Å². The zero-order valence-electron chi connectivity index (χ0n) is 20.0. The molecule has 3 heterocycles. The Labute approximate surface area is 207 Å². The highest BCUT2D eigenvalue weighted by Crippen LogP contribution is 2.36. The van der Waals surface area contributed by atoms with Gasteiger partial charge >= 0.3 is 6.09 Å². The first kappa shape index (κ1) is 24.0. The molecule has 3 aliphatic heterocycles. The van der Waals surface area contributed by atoms with E-state index in [4.69, 9.17) is 4.74 Å². The molecule has 190 valence electrons. The monoisotopic (exact) mass is 498 g/mol. The number of ether oxygens (including phenoxy) is 1. The molecule has 3 amide bonds. The number of amides is 3. The SMILES string of the molecule is CC(=O)NCC1CN(c2ccc(N3CC4CCCN(C(=O)c5ccccc5F)C4C3)c(F)c2)C(=O)O1. The smallest absolute Gasteiger partial charge is 0.414 e. The minimum absolute atomic E-state index is 0.0569. The number of nitrogens with zero attached hydrogens (tertiary/aromatic N) is 3. The molecule has 1 N–H and O–H groups in total. The van der Waals surface area contributed by atoms with Crippen LogP contribution in [0, 0.1) is 17.6 Å². The lowest BCUT2D eigenvalue weighted by atomic mass is 9.91. The summed E-state index contributed by atoms with van der Waals surface area (Å²) in [5.74, 6) is -1.41. The molecule has 0 saturated carbocycles. The maximum Gasteiger partial charge on any atom is 0.414 e. The molecule has 2 aromatic carbocycles. The first-order valence-electron chi connectivity index (χ1n) is 12.1. The molecule has 8 nitrogen and oxygen atoms in total. The highest BCUT2D eigenvalue weighted by atomic mass is 19.1. The Bertz CT molecular complexity index is 1190. The summed E-state index contributed by atoms with van der Waals surface area (Å²) in [5, 5.41) is 2.61. The van der Waals surface area contributed by atoms with Crippen molar-refractivity contribution in [2.75, 3.05) is 42.5 Å². The number of likely N-dealkylation sites (tertiary alicyclic amines) is 1. The number of carbonyl (C=O) groups excluding carboxylic acids is 3. The number of cyclic esters (lactones) is 1. The zero-order valence-corrected chi connectivity index (χ0v) is 20.0. The molecule has 10 heteroatoms. The number of halogens is 2. The number of carbonyl (C=O) groups is 3. The van der Waals surface area contributed by atoms with Gasteiger partial charge in [0.1, 0.15) is 17.7 Å². The fraction of sp³-hybridized carbons (Fsp3) is 0.423. The van der Waals surface area contributed by atoms with Crippen LogP contribution in [0.3, 0.4) is 0 Å². The molecule has 0 spiro atoms. The molecular weight excluding hydrogens is 470 g/mol. The van der Waals surface area contributed by atoms with Crippen LogP contribution < -0.4 is 15.1 Å². The van der Waals surface area contributed by atoms with Gasteiger partial charge in [-0.1, -0.05) is 12.1 Å². The second-order valence-corrected chi connectivity index (χ2v) is 9.54. The Morgan fingerprint density at radius 3 is 2.64 bits per heavy atom. The van der Waals surface area contributed by atoms with Crippen LogP contribution in [0.5, 0.6) is 0 Å². The van der Waals surface area contributed by atoms with Crippen LogP contribution in [0.1, 0.15) is 30.1 Å². The van der Waals surface area contributed by atoms with Gasteiger partial charge in [-0.05, 0) is 49.1 Å². The average molecular weight is 499 g/mol. The number of piperidine rings is 1. The topological polar surface area (TPSA) is 82.2 Å². The van der Waals surface area contributed by atoms with E-state index in [0.29, 0.717) is 31.0 Å². The van der Waals surface area contributed by atoms with Crippen molar-refractivity contribution in [3.8, 4) is 0 Å². The number of rotatable bonds is 5. The van der Waals surface area contributed by atoms with Crippen LogP contribution in [-0.2, 0) is 9.53 Å². The molecule has 36 heavy (non-hydrogen) atoms. The van der Waals surface area contributed by atoms with E-state index < -0.39 is 23.8 Å². The van der Waals surface area contributed by atoms with Gasteiger partial charge in [-0.15, -0.1) is 0 Å². The van der Waals surface area contributed by atoms with Gasteiger partial charge < -0.3 is 19.9 Å². The average Bonchev–Trinajstić information content (AvgIpc) is 3.45. The maximum atomic E-state index is 15.3. The van der Waals surface area contributed by atoms with Crippen LogP contribution in [0.25, 0.3) is 0 Å². The molecule has 3 saturated heterocycles.